The number of amides is 2. The highest BCUT2D eigenvalue weighted by molar-refractivity contribution is 5.81. The Labute approximate surface area is 165 Å². The van der Waals surface area contributed by atoms with Crippen LogP contribution in [-0.2, 0) is 25.6 Å². The summed E-state index contributed by atoms with van der Waals surface area (Å²) in [7, 11) is 0. The van der Waals surface area contributed by atoms with E-state index >= 15 is 0 Å². The molecule has 1 saturated heterocycles. The lowest BCUT2D eigenvalue weighted by atomic mass is 10.2. The molecule has 1 heterocycles. The molecular formula is C20H28N2O6. The maximum atomic E-state index is 12.5. The van der Waals surface area contributed by atoms with Gasteiger partial charge in [-0.1, -0.05) is 30.3 Å². The van der Waals surface area contributed by atoms with E-state index in [1.165, 1.54) is 4.90 Å². The van der Waals surface area contributed by atoms with Crippen molar-refractivity contribution in [1.29, 1.82) is 0 Å². The Hall–Kier alpha value is -2.77. The van der Waals surface area contributed by atoms with Gasteiger partial charge >= 0.3 is 18.2 Å². The van der Waals surface area contributed by atoms with Gasteiger partial charge in [-0.25, -0.2) is 14.4 Å². The molecule has 0 aromatic heterocycles. The van der Waals surface area contributed by atoms with Gasteiger partial charge in [-0.3, -0.25) is 0 Å². The lowest BCUT2D eigenvalue weighted by molar-refractivity contribution is -0.147. The number of esters is 1. The zero-order chi connectivity index (χ0) is 20.7. The molecule has 1 N–H and O–H groups in total. The van der Waals surface area contributed by atoms with E-state index in [-0.39, 0.29) is 25.7 Å². The number of benzene rings is 1. The Morgan fingerprint density at radius 2 is 1.96 bits per heavy atom. The fraction of sp³-hybridized carbons (Fsp3) is 0.550. The first-order chi connectivity index (χ1) is 13.1. The van der Waals surface area contributed by atoms with Crippen LogP contribution in [0.25, 0.3) is 0 Å². The predicted octanol–water partition coefficient (Wildman–Crippen LogP) is 2.85. The van der Waals surface area contributed by atoms with Crippen molar-refractivity contribution >= 4 is 18.2 Å². The van der Waals surface area contributed by atoms with Crippen molar-refractivity contribution in [2.45, 2.75) is 58.5 Å². The molecule has 1 aromatic carbocycles. The van der Waals surface area contributed by atoms with E-state index in [2.05, 4.69) is 5.32 Å². The third-order valence-electron chi connectivity index (χ3n) is 3.92. The zero-order valence-corrected chi connectivity index (χ0v) is 16.8. The first-order valence-corrected chi connectivity index (χ1v) is 9.29. The van der Waals surface area contributed by atoms with Crippen molar-refractivity contribution in [2.24, 2.45) is 0 Å². The molecule has 28 heavy (non-hydrogen) atoms. The number of hydrogen-bond donors (Lipinski definition) is 1. The highest BCUT2D eigenvalue weighted by Gasteiger charge is 2.31. The van der Waals surface area contributed by atoms with E-state index < -0.39 is 29.8 Å². The second-order valence-corrected chi connectivity index (χ2v) is 7.72. The minimum Gasteiger partial charge on any atom is -0.459 e. The fourth-order valence-electron chi connectivity index (χ4n) is 2.66. The van der Waals surface area contributed by atoms with Crippen LogP contribution in [0.15, 0.2) is 30.3 Å². The molecule has 0 saturated carbocycles. The highest BCUT2D eigenvalue weighted by atomic mass is 16.6. The Balaban J connectivity index is 1.96. The normalized spacial score (nSPS) is 17.6. The van der Waals surface area contributed by atoms with Crippen molar-refractivity contribution in [2.75, 3.05) is 13.1 Å². The minimum absolute atomic E-state index is 0.0922. The predicted molar refractivity (Wildman–Crippen MR) is 102 cm³/mol. The molecule has 1 aromatic rings. The third-order valence-corrected chi connectivity index (χ3v) is 3.92. The molecule has 154 valence electrons. The lowest BCUT2D eigenvalue weighted by Crippen LogP contribution is -2.46. The van der Waals surface area contributed by atoms with Crippen molar-refractivity contribution < 1.29 is 28.6 Å². The zero-order valence-electron chi connectivity index (χ0n) is 16.8. The quantitative estimate of drug-likeness (QED) is 0.566. The Morgan fingerprint density at radius 1 is 1.29 bits per heavy atom. The van der Waals surface area contributed by atoms with E-state index in [0.717, 1.165) is 5.56 Å². The molecule has 2 atom stereocenters. The number of ether oxygens (including phenoxy) is 3. The Bertz CT molecular complexity index is 686. The lowest BCUT2D eigenvalue weighted by Gasteiger charge is -2.24. The Morgan fingerprint density at radius 3 is 2.54 bits per heavy atom. The van der Waals surface area contributed by atoms with Crippen LogP contribution in [0.4, 0.5) is 9.59 Å². The molecule has 1 aliphatic heterocycles. The van der Waals surface area contributed by atoms with Crippen LogP contribution in [0.2, 0.25) is 0 Å². The van der Waals surface area contributed by atoms with Crippen LogP contribution < -0.4 is 5.32 Å². The summed E-state index contributed by atoms with van der Waals surface area (Å²) in [5, 5.41) is 2.55. The third kappa shape index (κ3) is 7.09. The number of cyclic esters (lactones) is 1. The molecule has 8 heteroatoms. The molecule has 1 aliphatic rings. The summed E-state index contributed by atoms with van der Waals surface area (Å²) in [6.45, 7) is 7.78. The number of nitrogens with one attached hydrogen (secondary N) is 1. The SMILES string of the molecule is CC1CN(CCC(NC(=O)OC(C)(C)C)C(=O)OCc2ccccc2)C(=O)O1. The minimum atomic E-state index is -0.942. The molecule has 0 spiro atoms. The molecule has 1 fully saturated rings. The second-order valence-electron chi connectivity index (χ2n) is 7.72. The van der Waals surface area contributed by atoms with Gasteiger partial charge in [-0.05, 0) is 39.7 Å². The molecule has 2 amide bonds. The summed E-state index contributed by atoms with van der Waals surface area (Å²) in [6.07, 6.45) is -1.16. The van der Waals surface area contributed by atoms with Crippen LogP contribution in [0, 0.1) is 0 Å². The monoisotopic (exact) mass is 392 g/mol. The fourth-order valence-corrected chi connectivity index (χ4v) is 2.66. The van der Waals surface area contributed by atoms with Crippen LogP contribution in [0.3, 0.4) is 0 Å². The van der Waals surface area contributed by atoms with Crippen LogP contribution in [-0.4, -0.2) is 53.9 Å². The van der Waals surface area contributed by atoms with Crippen molar-refractivity contribution in [3.63, 3.8) is 0 Å². The van der Waals surface area contributed by atoms with Gasteiger partial charge in [-0.15, -0.1) is 0 Å². The van der Waals surface area contributed by atoms with Gasteiger partial charge in [0, 0.05) is 6.54 Å². The maximum absolute atomic E-state index is 12.5. The first-order valence-electron chi connectivity index (χ1n) is 9.29. The largest absolute Gasteiger partial charge is 0.459 e. The molecule has 0 aliphatic carbocycles. The second kappa shape index (κ2) is 9.43. The number of hydrogen-bond acceptors (Lipinski definition) is 6. The number of carbonyl (C=O) groups excluding carboxylic acids is 3. The molecule has 0 radical (unpaired) electrons. The number of alkyl carbamates (subject to hydrolysis) is 1. The van der Waals surface area contributed by atoms with E-state index in [4.69, 9.17) is 14.2 Å². The molecule has 8 nitrogen and oxygen atoms in total. The highest BCUT2D eigenvalue weighted by Crippen LogP contribution is 2.13. The van der Waals surface area contributed by atoms with E-state index in [9.17, 15) is 14.4 Å². The topological polar surface area (TPSA) is 94.2 Å². The summed E-state index contributed by atoms with van der Waals surface area (Å²) >= 11 is 0. The maximum Gasteiger partial charge on any atom is 0.410 e. The molecular weight excluding hydrogens is 364 g/mol. The number of rotatable bonds is 7. The standard InChI is InChI=1S/C20H28N2O6/c1-14-12-22(19(25)27-14)11-10-16(21-18(24)28-20(2,3)4)17(23)26-13-15-8-6-5-7-9-15/h5-9,14,16H,10-13H2,1-4H3,(H,21,24). The van der Waals surface area contributed by atoms with Gasteiger partial charge in [0.1, 0.15) is 24.4 Å². The average molecular weight is 392 g/mol. The van der Waals surface area contributed by atoms with Crippen LogP contribution in [0.1, 0.15) is 39.7 Å². The Kier molecular flexibility index (Phi) is 7.25. The molecule has 2 unspecified atom stereocenters. The van der Waals surface area contributed by atoms with Gasteiger partial charge in [0.25, 0.3) is 0 Å². The summed E-state index contributed by atoms with van der Waals surface area (Å²) < 4.78 is 15.6. The summed E-state index contributed by atoms with van der Waals surface area (Å²) in [5.41, 5.74) is 0.139. The van der Waals surface area contributed by atoms with Gasteiger partial charge in [0.05, 0.1) is 6.54 Å². The first kappa shape index (κ1) is 21.5. The smallest absolute Gasteiger partial charge is 0.410 e. The van der Waals surface area contributed by atoms with E-state index in [1.54, 1.807) is 27.7 Å². The van der Waals surface area contributed by atoms with Crippen molar-refractivity contribution in [1.82, 2.24) is 10.2 Å². The van der Waals surface area contributed by atoms with E-state index in [0.29, 0.717) is 6.54 Å². The number of nitrogens with zero attached hydrogens (tertiary/aromatic N) is 1. The molecule has 0 bridgehead atoms. The van der Waals surface area contributed by atoms with Crippen LogP contribution in [0.5, 0.6) is 0 Å². The van der Waals surface area contributed by atoms with Crippen LogP contribution >= 0.6 is 0 Å². The molecule has 2 rings (SSSR count). The summed E-state index contributed by atoms with van der Waals surface area (Å²) in [5.74, 6) is -0.588. The van der Waals surface area contributed by atoms with Gasteiger partial charge in [0.2, 0.25) is 0 Å². The summed E-state index contributed by atoms with van der Waals surface area (Å²) in [6, 6.07) is 8.30. The van der Waals surface area contributed by atoms with Crippen molar-refractivity contribution in [3.05, 3.63) is 35.9 Å². The van der Waals surface area contributed by atoms with Gasteiger partial charge < -0.3 is 24.4 Å². The van der Waals surface area contributed by atoms with Gasteiger partial charge in [-0.2, -0.15) is 0 Å². The van der Waals surface area contributed by atoms with Gasteiger partial charge in [0.15, 0.2) is 0 Å². The number of carbonyl (C=O) groups is 3. The summed E-state index contributed by atoms with van der Waals surface area (Å²) in [4.78, 5) is 37.9. The average Bonchev–Trinajstić information content (AvgIpc) is 2.93. The van der Waals surface area contributed by atoms with Crippen molar-refractivity contribution in [3.8, 4) is 0 Å². The van der Waals surface area contributed by atoms with E-state index in [1.807, 2.05) is 30.3 Å².